The average Bonchev–Trinajstić information content (AvgIpc) is 2.27. The topological polar surface area (TPSA) is 12.0 Å². The minimum Gasteiger partial charge on any atom is -0.317 e. The minimum absolute atomic E-state index is 0.797. The summed E-state index contributed by atoms with van der Waals surface area (Å²) in [6, 6.07) is 0.797. The summed E-state index contributed by atoms with van der Waals surface area (Å²) in [4.78, 5) is 0. The highest BCUT2D eigenvalue weighted by atomic mass is 32.2. The molecule has 0 spiro atoms. The van der Waals surface area contributed by atoms with E-state index in [-0.39, 0.29) is 0 Å². The standard InChI is InChI=1S/C13H27NS/c1-4-5-11-6-7-13(14-2)12(10-11)8-9-15-3/h11-14H,4-10H2,1-3H3. The van der Waals surface area contributed by atoms with E-state index in [0.29, 0.717) is 0 Å². The van der Waals surface area contributed by atoms with Gasteiger partial charge in [-0.15, -0.1) is 0 Å². The second kappa shape index (κ2) is 7.56. The number of hydrogen-bond donors (Lipinski definition) is 1. The molecule has 0 radical (unpaired) electrons. The van der Waals surface area contributed by atoms with E-state index >= 15 is 0 Å². The predicted molar refractivity (Wildman–Crippen MR) is 71.6 cm³/mol. The second-order valence-corrected chi connectivity index (χ2v) is 5.89. The van der Waals surface area contributed by atoms with Crippen LogP contribution in [0.4, 0.5) is 0 Å². The van der Waals surface area contributed by atoms with Crippen molar-refractivity contribution in [3.05, 3.63) is 0 Å². The molecule has 1 fully saturated rings. The van der Waals surface area contributed by atoms with Crippen molar-refractivity contribution in [2.75, 3.05) is 19.1 Å². The van der Waals surface area contributed by atoms with Gasteiger partial charge in [-0.05, 0) is 56.6 Å². The zero-order valence-electron chi connectivity index (χ0n) is 10.6. The fourth-order valence-electron chi connectivity index (χ4n) is 3.00. The number of nitrogens with one attached hydrogen (secondary N) is 1. The van der Waals surface area contributed by atoms with Gasteiger partial charge in [0, 0.05) is 6.04 Å². The van der Waals surface area contributed by atoms with Crippen molar-refractivity contribution >= 4 is 11.8 Å². The third-order valence-electron chi connectivity index (χ3n) is 3.85. The SMILES string of the molecule is CCCC1CCC(NC)C(CCSC)C1. The van der Waals surface area contributed by atoms with Gasteiger partial charge in [0.05, 0.1) is 0 Å². The fourth-order valence-corrected chi connectivity index (χ4v) is 3.54. The summed E-state index contributed by atoms with van der Waals surface area (Å²) in [7, 11) is 2.14. The molecular formula is C13H27NS. The van der Waals surface area contributed by atoms with E-state index in [1.807, 2.05) is 11.8 Å². The molecule has 1 saturated carbocycles. The fraction of sp³-hybridized carbons (Fsp3) is 1.00. The van der Waals surface area contributed by atoms with Gasteiger partial charge in [0.25, 0.3) is 0 Å². The van der Waals surface area contributed by atoms with Crippen molar-refractivity contribution in [3.8, 4) is 0 Å². The highest BCUT2D eigenvalue weighted by Gasteiger charge is 2.28. The molecule has 0 aromatic carbocycles. The van der Waals surface area contributed by atoms with Crippen LogP contribution in [0.3, 0.4) is 0 Å². The summed E-state index contributed by atoms with van der Waals surface area (Å²) in [6.07, 6.45) is 10.8. The average molecular weight is 229 g/mol. The number of thioether (sulfide) groups is 1. The molecule has 15 heavy (non-hydrogen) atoms. The van der Waals surface area contributed by atoms with E-state index in [2.05, 4.69) is 25.5 Å². The van der Waals surface area contributed by atoms with Crippen LogP contribution in [0.5, 0.6) is 0 Å². The molecule has 0 amide bonds. The molecule has 1 rings (SSSR count). The van der Waals surface area contributed by atoms with Crippen molar-refractivity contribution < 1.29 is 0 Å². The molecule has 1 N–H and O–H groups in total. The summed E-state index contributed by atoms with van der Waals surface area (Å²) < 4.78 is 0. The Morgan fingerprint density at radius 2 is 2.07 bits per heavy atom. The first-order valence-electron chi connectivity index (χ1n) is 6.48. The zero-order chi connectivity index (χ0) is 11.1. The largest absolute Gasteiger partial charge is 0.317 e. The Kier molecular flexibility index (Phi) is 6.74. The molecule has 0 aromatic heterocycles. The Bertz CT molecular complexity index is 161. The van der Waals surface area contributed by atoms with Crippen LogP contribution in [0.15, 0.2) is 0 Å². The third-order valence-corrected chi connectivity index (χ3v) is 4.50. The summed E-state index contributed by atoms with van der Waals surface area (Å²) >= 11 is 1.99. The molecule has 0 aromatic rings. The van der Waals surface area contributed by atoms with Crippen LogP contribution in [0.25, 0.3) is 0 Å². The molecule has 0 heterocycles. The first-order chi connectivity index (χ1) is 7.31. The maximum atomic E-state index is 3.52. The number of hydrogen-bond acceptors (Lipinski definition) is 2. The van der Waals surface area contributed by atoms with Gasteiger partial charge in [-0.25, -0.2) is 0 Å². The molecule has 0 saturated heterocycles. The highest BCUT2D eigenvalue weighted by molar-refractivity contribution is 7.98. The highest BCUT2D eigenvalue weighted by Crippen LogP contribution is 2.34. The number of rotatable bonds is 6. The van der Waals surface area contributed by atoms with Gasteiger partial charge in [-0.1, -0.05) is 19.8 Å². The van der Waals surface area contributed by atoms with Gasteiger partial charge in [-0.2, -0.15) is 11.8 Å². The maximum absolute atomic E-state index is 3.52. The lowest BCUT2D eigenvalue weighted by Crippen LogP contribution is -2.39. The van der Waals surface area contributed by atoms with Crippen LogP contribution in [0.1, 0.15) is 45.4 Å². The van der Waals surface area contributed by atoms with Gasteiger partial charge in [0.15, 0.2) is 0 Å². The normalized spacial score (nSPS) is 31.8. The molecule has 1 nitrogen and oxygen atoms in total. The van der Waals surface area contributed by atoms with Gasteiger partial charge in [-0.3, -0.25) is 0 Å². The van der Waals surface area contributed by atoms with Crippen molar-refractivity contribution in [2.45, 2.75) is 51.5 Å². The molecule has 90 valence electrons. The summed E-state index contributed by atoms with van der Waals surface area (Å²) in [5.74, 6) is 3.29. The van der Waals surface area contributed by atoms with Crippen molar-refractivity contribution in [1.82, 2.24) is 5.32 Å². The van der Waals surface area contributed by atoms with Crippen LogP contribution in [0, 0.1) is 11.8 Å². The maximum Gasteiger partial charge on any atom is 0.00928 e. The molecule has 0 bridgehead atoms. The van der Waals surface area contributed by atoms with Crippen LogP contribution in [-0.4, -0.2) is 25.1 Å². The summed E-state index contributed by atoms with van der Waals surface area (Å²) in [5, 5.41) is 3.52. The molecule has 1 aliphatic carbocycles. The molecule has 0 aliphatic heterocycles. The van der Waals surface area contributed by atoms with Crippen molar-refractivity contribution in [3.63, 3.8) is 0 Å². The first kappa shape index (κ1) is 13.4. The van der Waals surface area contributed by atoms with Gasteiger partial charge in [0.1, 0.15) is 0 Å². The van der Waals surface area contributed by atoms with Crippen LogP contribution in [-0.2, 0) is 0 Å². The lowest BCUT2D eigenvalue weighted by molar-refractivity contribution is 0.198. The van der Waals surface area contributed by atoms with Gasteiger partial charge < -0.3 is 5.32 Å². The molecule has 2 heteroatoms. The quantitative estimate of drug-likeness (QED) is 0.747. The van der Waals surface area contributed by atoms with Gasteiger partial charge >= 0.3 is 0 Å². The Morgan fingerprint density at radius 1 is 1.27 bits per heavy atom. The third kappa shape index (κ3) is 4.36. The van der Waals surface area contributed by atoms with E-state index in [1.165, 1.54) is 44.3 Å². The van der Waals surface area contributed by atoms with E-state index < -0.39 is 0 Å². The van der Waals surface area contributed by atoms with Crippen LogP contribution < -0.4 is 5.32 Å². The first-order valence-corrected chi connectivity index (χ1v) is 7.87. The second-order valence-electron chi connectivity index (χ2n) is 4.90. The van der Waals surface area contributed by atoms with Crippen molar-refractivity contribution in [1.29, 1.82) is 0 Å². The summed E-state index contributed by atoms with van der Waals surface area (Å²) in [6.45, 7) is 2.32. The van der Waals surface area contributed by atoms with Gasteiger partial charge in [0.2, 0.25) is 0 Å². The molecule has 3 unspecified atom stereocenters. The Hall–Kier alpha value is 0.310. The van der Waals surface area contributed by atoms with E-state index in [0.717, 1.165) is 17.9 Å². The van der Waals surface area contributed by atoms with E-state index in [9.17, 15) is 0 Å². The smallest absolute Gasteiger partial charge is 0.00928 e. The predicted octanol–water partition coefficient (Wildman–Crippen LogP) is 3.54. The Labute approximate surface area is 99.8 Å². The van der Waals surface area contributed by atoms with Crippen LogP contribution >= 0.6 is 11.8 Å². The molecular weight excluding hydrogens is 202 g/mol. The molecule has 1 aliphatic rings. The zero-order valence-corrected chi connectivity index (χ0v) is 11.4. The van der Waals surface area contributed by atoms with Crippen molar-refractivity contribution in [2.24, 2.45) is 11.8 Å². The Morgan fingerprint density at radius 3 is 2.67 bits per heavy atom. The van der Waals surface area contributed by atoms with Crippen LogP contribution in [0.2, 0.25) is 0 Å². The minimum atomic E-state index is 0.797. The van der Waals surface area contributed by atoms with E-state index in [4.69, 9.17) is 0 Å². The summed E-state index contributed by atoms with van der Waals surface area (Å²) in [5.41, 5.74) is 0. The monoisotopic (exact) mass is 229 g/mol. The Balaban J connectivity index is 2.38. The van der Waals surface area contributed by atoms with E-state index in [1.54, 1.807) is 0 Å². The molecule has 3 atom stereocenters. The lowest BCUT2D eigenvalue weighted by Gasteiger charge is -2.36. The lowest BCUT2D eigenvalue weighted by atomic mass is 9.75.